The van der Waals surface area contributed by atoms with Crippen molar-refractivity contribution in [3.8, 4) is 0 Å². The number of hydrogen-bond acceptors (Lipinski definition) is 4. The predicted octanol–water partition coefficient (Wildman–Crippen LogP) is 2.92. The second kappa shape index (κ2) is 8.66. The Morgan fingerprint density at radius 1 is 0.765 bits per heavy atom. The molecule has 1 saturated heterocycles. The number of carbonyl (C=O) groups excluding carboxylic acids is 2. The van der Waals surface area contributed by atoms with Crippen LogP contribution in [-0.2, 0) is 9.59 Å². The molecule has 1 aliphatic heterocycles. The van der Waals surface area contributed by atoms with Crippen molar-refractivity contribution in [3.05, 3.63) is 45.8 Å². The third-order valence-electron chi connectivity index (χ3n) is 1.71. The van der Waals surface area contributed by atoms with E-state index in [2.05, 4.69) is 5.32 Å². The van der Waals surface area contributed by atoms with Crippen molar-refractivity contribution in [1.82, 2.24) is 5.32 Å². The lowest BCUT2D eigenvalue weighted by Gasteiger charge is -1.79. The van der Waals surface area contributed by atoms with E-state index < -0.39 is 0 Å². The lowest BCUT2D eigenvalue weighted by Crippen LogP contribution is -2.18. The number of imide groups is 1. The van der Waals surface area contributed by atoms with E-state index in [-0.39, 0.29) is 11.8 Å². The third kappa shape index (κ3) is 7.43. The van der Waals surface area contributed by atoms with E-state index >= 15 is 0 Å². The molecule has 2 aromatic heterocycles. The molecule has 0 radical (unpaired) electrons. The Morgan fingerprint density at radius 3 is 1.24 bits per heavy atom. The lowest BCUT2D eigenvalue weighted by molar-refractivity contribution is -0.124. The second-order valence-corrected chi connectivity index (χ2v) is 4.69. The summed E-state index contributed by atoms with van der Waals surface area (Å²) in [5.74, 6) is -0.296. The van der Waals surface area contributed by atoms with Gasteiger partial charge in [0.25, 0.3) is 0 Å². The van der Waals surface area contributed by atoms with Crippen molar-refractivity contribution < 1.29 is 9.59 Å². The van der Waals surface area contributed by atoms with Crippen LogP contribution in [0, 0.1) is 0 Å². The van der Waals surface area contributed by atoms with Gasteiger partial charge >= 0.3 is 0 Å². The van der Waals surface area contributed by atoms with Crippen molar-refractivity contribution in [3.63, 3.8) is 0 Å². The molecule has 5 heteroatoms. The monoisotopic (exact) mass is 267 g/mol. The molecule has 0 bridgehead atoms. The highest BCUT2D eigenvalue weighted by Gasteiger charge is 2.15. The Labute approximate surface area is 108 Å². The maximum atomic E-state index is 10.1. The minimum atomic E-state index is -0.148. The molecule has 17 heavy (non-hydrogen) atoms. The van der Waals surface area contributed by atoms with E-state index in [0.717, 1.165) is 0 Å². The fourth-order valence-electron chi connectivity index (χ4n) is 0.961. The first kappa shape index (κ1) is 13.6. The highest BCUT2D eigenvalue weighted by Crippen LogP contribution is 1.96. The van der Waals surface area contributed by atoms with Crippen LogP contribution in [0.2, 0.25) is 0 Å². The van der Waals surface area contributed by atoms with Crippen LogP contribution in [0.5, 0.6) is 0 Å². The second-order valence-electron chi connectivity index (χ2n) is 3.06. The number of nitrogens with one attached hydrogen (secondary N) is 1. The first-order valence-electron chi connectivity index (χ1n) is 5.06. The number of rotatable bonds is 0. The van der Waals surface area contributed by atoms with Crippen molar-refractivity contribution in [1.29, 1.82) is 0 Å². The average Bonchev–Trinajstić information content (AvgIpc) is 3.03. The summed E-state index contributed by atoms with van der Waals surface area (Å²) in [4.78, 5) is 20.2. The molecule has 0 atom stereocenters. The van der Waals surface area contributed by atoms with Crippen molar-refractivity contribution >= 4 is 34.5 Å². The molecule has 2 aromatic rings. The van der Waals surface area contributed by atoms with E-state index in [0.29, 0.717) is 12.8 Å². The molecule has 3 heterocycles. The van der Waals surface area contributed by atoms with Gasteiger partial charge < -0.3 is 0 Å². The fraction of sp³-hybridized carbons (Fsp3) is 0.167. The molecule has 1 fully saturated rings. The van der Waals surface area contributed by atoms with Crippen molar-refractivity contribution in [2.75, 3.05) is 0 Å². The van der Waals surface area contributed by atoms with Crippen LogP contribution < -0.4 is 5.32 Å². The van der Waals surface area contributed by atoms with Crippen LogP contribution in [-0.4, -0.2) is 11.8 Å². The Hall–Kier alpha value is -1.46. The minimum absolute atomic E-state index is 0.148. The highest BCUT2D eigenvalue weighted by atomic mass is 32.1. The number of hydrogen-bond donors (Lipinski definition) is 1. The molecule has 0 aliphatic carbocycles. The minimum Gasteiger partial charge on any atom is -0.296 e. The van der Waals surface area contributed by atoms with Crippen LogP contribution in [0.3, 0.4) is 0 Å². The van der Waals surface area contributed by atoms with Gasteiger partial charge in [0.05, 0.1) is 0 Å². The SMILES string of the molecule is O=C1CCC(=O)N1.c1ccsc1.c1ccsc1. The smallest absolute Gasteiger partial charge is 0.227 e. The summed E-state index contributed by atoms with van der Waals surface area (Å²) in [5, 5.41) is 10.3. The van der Waals surface area contributed by atoms with Gasteiger partial charge in [0.1, 0.15) is 0 Å². The van der Waals surface area contributed by atoms with E-state index in [4.69, 9.17) is 0 Å². The molecular formula is C12H13NO2S2. The van der Waals surface area contributed by atoms with E-state index in [1.54, 1.807) is 22.7 Å². The molecule has 1 N–H and O–H groups in total. The molecule has 90 valence electrons. The van der Waals surface area contributed by atoms with Crippen LogP contribution in [0.15, 0.2) is 45.8 Å². The van der Waals surface area contributed by atoms with E-state index in [1.807, 2.05) is 45.8 Å². The van der Waals surface area contributed by atoms with E-state index in [1.165, 1.54) is 0 Å². The normalized spacial score (nSPS) is 12.9. The summed E-state index contributed by atoms with van der Waals surface area (Å²) in [5.41, 5.74) is 0. The van der Waals surface area contributed by atoms with Gasteiger partial charge in [-0.1, -0.05) is 24.3 Å². The van der Waals surface area contributed by atoms with Gasteiger partial charge in [-0.15, -0.1) is 0 Å². The molecular weight excluding hydrogens is 254 g/mol. The highest BCUT2D eigenvalue weighted by molar-refractivity contribution is 7.08. The van der Waals surface area contributed by atoms with Crippen molar-refractivity contribution in [2.45, 2.75) is 12.8 Å². The van der Waals surface area contributed by atoms with Gasteiger partial charge in [-0.2, -0.15) is 22.7 Å². The zero-order chi connectivity index (χ0) is 12.3. The maximum Gasteiger partial charge on any atom is 0.227 e. The Bertz CT molecular complexity index is 335. The summed E-state index contributed by atoms with van der Waals surface area (Å²) < 4.78 is 0. The van der Waals surface area contributed by atoms with E-state index in [9.17, 15) is 9.59 Å². The Morgan fingerprint density at radius 2 is 1.12 bits per heavy atom. The molecule has 0 unspecified atom stereocenters. The molecule has 0 spiro atoms. The summed E-state index contributed by atoms with van der Waals surface area (Å²) >= 11 is 3.43. The van der Waals surface area contributed by atoms with Crippen molar-refractivity contribution in [2.24, 2.45) is 0 Å². The number of carbonyl (C=O) groups is 2. The maximum absolute atomic E-state index is 10.1. The first-order valence-corrected chi connectivity index (χ1v) is 6.94. The molecule has 0 aromatic carbocycles. The lowest BCUT2D eigenvalue weighted by atomic mass is 10.4. The molecule has 3 nitrogen and oxygen atoms in total. The number of amides is 2. The Kier molecular flexibility index (Phi) is 6.93. The Balaban J connectivity index is 0.000000130. The quantitative estimate of drug-likeness (QED) is 0.746. The summed E-state index contributed by atoms with van der Waals surface area (Å²) in [7, 11) is 0. The predicted molar refractivity (Wildman–Crippen MR) is 71.0 cm³/mol. The third-order valence-corrected chi connectivity index (χ3v) is 2.97. The average molecular weight is 267 g/mol. The largest absolute Gasteiger partial charge is 0.296 e. The summed E-state index contributed by atoms with van der Waals surface area (Å²) in [6.07, 6.45) is 0.748. The molecule has 2 amide bonds. The van der Waals surface area contributed by atoms with Gasteiger partial charge in [-0.05, 0) is 21.5 Å². The van der Waals surface area contributed by atoms with Crippen LogP contribution >= 0.6 is 22.7 Å². The standard InChI is InChI=1S/C4H5NO2.2C4H4S/c6-3-1-2-4(7)5-3;2*1-2-4-5-3-1/h1-2H2,(H,5,6,7);2*1-4H. The van der Waals surface area contributed by atoms with Crippen LogP contribution in [0.1, 0.15) is 12.8 Å². The summed E-state index contributed by atoms with van der Waals surface area (Å²) in [6, 6.07) is 8.07. The zero-order valence-electron chi connectivity index (χ0n) is 9.17. The molecule has 1 aliphatic rings. The number of thiophene rings is 2. The van der Waals surface area contributed by atoms with Gasteiger partial charge in [0, 0.05) is 12.8 Å². The van der Waals surface area contributed by atoms with Gasteiger partial charge in [0.15, 0.2) is 0 Å². The molecule has 0 saturated carbocycles. The molecule has 3 rings (SSSR count). The van der Waals surface area contributed by atoms with Gasteiger partial charge in [0.2, 0.25) is 11.8 Å². The zero-order valence-corrected chi connectivity index (χ0v) is 10.8. The van der Waals surface area contributed by atoms with Gasteiger partial charge in [-0.3, -0.25) is 14.9 Å². The topological polar surface area (TPSA) is 46.2 Å². The van der Waals surface area contributed by atoms with Gasteiger partial charge in [-0.25, -0.2) is 0 Å². The summed E-state index contributed by atoms with van der Waals surface area (Å²) in [6.45, 7) is 0. The fourth-order valence-corrected chi connectivity index (χ4v) is 1.87. The van der Waals surface area contributed by atoms with Crippen LogP contribution in [0.4, 0.5) is 0 Å². The first-order chi connectivity index (χ1) is 8.29. The van der Waals surface area contributed by atoms with Crippen LogP contribution in [0.25, 0.3) is 0 Å².